The van der Waals surface area contributed by atoms with Crippen molar-refractivity contribution in [2.45, 2.75) is 26.2 Å². The number of benzene rings is 1. The minimum Gasteiger partial charge on any atom is -0.370 e. The predicted octanol–water partition coefficient (Wildman–Crippen LogP) is 5.33. The lowest BCUT2D eigenvalue weighted by Gasteiger charge is -2.11. The summed E-state index contributed by atoms with van der Waals surface area (Å²) in [6.07, 6.45) is 3.14. The van der Waals surface area contributed by atoms with E-state index in [0.29, 0.717) is 0 Å². The first-order chi connectivity index (χ1) is 12.5. The summed E-state index contributed by atoms with van der Waals surface area (Å²) in [6.45, 7) is 2.82. The second kappa shape index (κ2) is 6.85. The van der Waals surface area contributed by atoms with Gasteiger partial charge in [-0.25, -0.2) is 4.68 Å². The van der Waals surface area contributed by atoms with Crippen LogP contribution < -0.4 is 5.32 Å². The monoisotopic (exact) mass is 432 g/mol. The highest BCUT2D eigenvalue weighted by Gasteiger charge is 2.24. The number of aryl methyl sites for hydroxylation is 1. The van der Waals surface area contributed by atoms with Crippen LogP contribution in [0.3, 0.4) is 0 Å². The predicted molar refractivity (Wildman–Crippen MR) is 107 cm³/mol. The number of nitrogens with zero attached hydrogens (tertiary/aromatic N) is 3. The molecule has 0 amide bonds. The van der Waals surface area contributed by atoms with Gasteiger partial charge in [0, 0.05) is 24.2 Å². The molecule has 26 heavy (non-hydrogen) atoms. The van der Waals surface area contributed by atoms with Crippen LogP contribution in [0.25, 0.3) is 16.3 Å². The molecule has 0 spiro atoms. The van der Waals surface area contributed by atoms with Crippen LogP contribution in [0.2, 0.25) is 0 Å². The van der Waals surface area contributed by atoms with Crippen molar-refractivity contribution in [2.24, 2.45) is 0 Å². The third-order valence-electron chi connectivity index (χ3n) is 4.57. The van der Waals surface area contributed by atoms with Crippen LogP contribution in [-0.4, -0.2) is 21.2 Å². The lowest BCUT2D eigenvalue weighted by Crippen LogP contribution is -2.08. The molecule has 3 heterocycles. The molecule has 134 valence electrons. The van der Waals surface area contributed by atoms with E-state index in [-0.39, 0.29) is 10.6 Å². The summed E-state index contributed by atoms with van der Waals surface area (Å²) in [5.41, 5.74) is 3.90. The number of anilines is 1. The maximum Gasteiger partial charge on any atom is 0.271 e. The van der Waals surface area contributed by atoms with Crippen LogP contribution in [0.4, 0.5) is 11.5 Å². The molecule has 2 aromatic heterocycles. The fourth-order valence-electron chi connectivity index (χ4n) is 3.26. The molecular weight excluding hydrogens is 416 g/mol. The Balaban J connectivity index is 1.93. The molecule has 1 aromatic carbocycles. The second-order valence-electron chi connectivity index (χ2n) is 6.30. The van der Waals surface area contributed by atoms with Crippen LogP contribution in [0, 0.1) is 17.0 Å². The van der Waals surface area contributed by atoms with E-state index in [1.807, 2.05) is 17.7 Å². The summed E-state index contributed by atoms with van der Waals surface area (Å²) >= 11 is 5.17. The number of non-ortho nitro benzene ring substituents is 1. The van der Waals surface area contributed by atoms with Crippen LogP contribution >= 0.6 is 27.3 Å². The molecule has 0 atom stereocenters. The molecule has 0 unspecified atom stereocenters. The van der Waals surface area contributed by atoms with Crippen molar-refractivity contribution >= 4 is 38.8 Å². The lowest BCUT2D eigenvalue weighted by atomic mass is 10.1. The van der Waals surface area contributed by atoms with E-state index in [1.54, 1.807) is 23.5 Å². The molecule has 0 saturated carbocycles. The van der Waals surface area contributed by atoms with Gasteiger partial charge in [0.2, 0.25) is 0 Å². The molecule has 1 aliphatic rings. The van der Waals surface area contributed by atoms with Gasteiger partial charge in [0.05, 0.1) is 19.3 Å². The van der Waals surface area contributed by atoms with E-state index in [2.05, 4.69) is 27.3 Å². The Hall–Kier alpha value is -2.19. The summed E-state index contributed by atoms with van der Waals surface area (Å²) in [4.78, 5) is 12.0. The van der Waals surface area contributed by atoms with Gasteiger partial charge in [0.1, 0.15) is 11.5 Å². The van der Waals surface area contributed by atoms with E-state index in [0.717, 1.165) is 57.2 Å². The van der Waals surface area contributed by atoms with Gasteiger partial charge >= 0.3 is 0 Å². The van der Waals surface area contributed by atoms with E-state index >= 15 is 0 Å². The fraction of sp³-hybridized carbons (Fsp3) is 0.278. The van der Waals surface area contributed by atoms with Crippen molar-refractivity contribution in [3.05, 3.63) is 55.4 Å². The summed E-state index contributed by atoms with van der Waals surface area (Å²) in [6, 6.07) is 9.00. The number of rotatable bonds is 3. The SMILES string of the molecule is Cc1ccc([N+](=O)[O-])cc1-n1nc(-c2ccc(Br)s2)c2c1NCCCC2. The molecule has 3 aromatic rings. The smallest absolute Gasteiger partial charge is 0.271 e. The normalized spacial score (nSPS) is 13.8. The quantitative estimate of drug-likeness (QED) is 0.448. The van der Waals surface area contributed by atoms with Crippen molar-refractivity contribution in [1.29, 1.82) is 0 Å². The summed E-state index contributed by atoms with van der Waals surface area (Å²) in [5.74, 6) is 0.950. The maximum atomic E-state index is 11.2. The number of halogens is 1. The highest BCUT2D eigenvalue weighted by Crippen LogP contribution is 2.39. The molecule has 0 bridgehead atoms. The number of hydrogen-bond donors (Lipinski definition) is 1. The van der Waals surface area contributed by atoms with Gasteiger partial charge in [0.15, 0.2) is 0 Å². The van der Waals surface area contributed by atoms with Gasteiger partial charge in [-0.1, -0.05) is 6.07 Å². The Morgan fingerprint density at radius 2 is 2.15 bits per heavy atom. The number of nitro groups is 1. The van der Waals surface area contributed by atoms with E-state index in [1.165, 1.54) is 11.6 Å². The molecule has 1 N–H and O–H groups in total. The molecule has 0 saturated heterocycles. The molecule has 0 radical (unpaired) electrons. The van der Waals surface area contributed by atoms with Gasteiger partial charge in [0.25, 0.3) is 5.69 Å². The largest absolute Gasteiger partial charge is 0.370 e. The van der Waals surface area contributed by atoms with Crippen LogP contribution in [-0.2, 0) is 6.42 Å². The Kier molecular flexibility index (Phi) is 4.54. The van der Waals surface area contributed by atoms with Crippen LogP contribution in [0.15, 0.2) is 34.1 Å². The zero-order valence-electron chi connectivity index (χ0n) is 14.2. The van der Waals surface area contributed by atoms with E-state index < -0.39 is 0 Å². The molecule has 0 fully saturated rings. The number of nitro benzene ring substituents is 1. The standard InChI is InChI=1S/C18H17BrN4O2S/c1-11-5-6-12(23(24)25)10-14(11)22-18-13(4-2-3-9-20-18)17(21-22)15-7-8-16(19)26-15/h5-8,10,20H,2-4,9H2,1H3. The number of hydrogen-bond acceptors (Lipinski definition) is 5. The van der Waals surface area contributed by atoms with Crippen molar-refractivity contribution in [2.75, 3.05) is 11.9 Å². The topological polar surface area (TPSA) is 73.0 Å². The van der Waals surface area contributed by atoms with Crippen molar-refractivity contribution in [3.8, 4) is 16.3 Å². The van der Waals surface area contributed by atoms with Crippen molar-refractivity contribution in [1.82, 2.24) is 9.78 Å². The number of fused-ring (bicyclic) bond motifs is 1. The van der Waals surface area contributed by atoms with Crippen LogP contribution in [0.5, 0.6) is 0 Å². The Morgan fingerprint density at radius 1 is 1.31 bits per heavy atom. The molecule has 4 rings (SSSR count). The minimum atomic E-state index is -0.365. The molecule has 6 nitrogen and oxygen atoms in total. The van der Waals surface area contributed by atoms with Gasteiger partial charge in [-0.05, 0) is 59.8 Å². The zero-order valence-corrected chi connectivity index (χ0v) is 16.6. The third kappa shape index (κ3) is 3.03. The maximum absolute atomic E-state index is 11.2. The van der Waals surface area contributed by atoms with Crippen molar-refractivity contribution < 1.29 is 4.92 Å². The number of aromatic nitrogens is 2. The third-order valence-corrected chi connectivity index (χ3v) is 6.20. The number of nitrogens with one attached hydrogen (secondary N) is 1. The molecule has 1 aliphatic heterocycles. The summed E-state index contributed by atoms with van der Waals surface area (Å²) < 4.78 is 2.90. The van der Waals surface area contributed by atoms with Gasteiger partial charge < -0.3 is 5.32 Å². The van der Waals surface area contributed by atoms with E-state index in [4.69, 9.17) is 5.10 Å². The minimum absolute atomic E-state index is 0.0730. The summed E-state index contributed by atoms with van der Waals surface area (Å²) in [7, 11) is 0. The van der Waals surface area contributed by atoms with E-state index in [9.17, 15) is 10.1 Å². The average Bonchev–Trinajstić information content (AvgIpc) is 3.10. The Labute approximate surface area is 163 Å². The van der Waals surface area contributed by atoms with Gasteiger partial charge in [-0.3, -0.25) is 10.1 Å². The summed E-state index contributed by atoms with van der Waals surface area (Å²) in [5, 5.41) is 19.6. The highest BCUT2D eigenvalue weighted by atomic mass is 79.9. The molecule has 8 heteroatoms. The Bertz CT molecular complexity index is 995. The fourth-order valence-corrected chi connectivity index (χ4v) is 4.65. The van der Waals surface area contributed by atoms with Crippen molar-refractivity contribution in [3.63, 3.8) is 0 Å². The Morgan fingerprint density at radius 3 is 2.88 bits per heavy atom. The second-order valence-corrected chi connectivity index (χ2v) is 8.77. The zero-order chi connectivity index (χ0) is 18.3. The highest BCUT2D eigenvalue weighted by molar-refractivity contribution is 9.11. The lowest BCUT2D eigenvalue weighted by molar-refractivity contribution is -0.384. The first-order valence-corrected chi connectivity index (χ1v) is 10.0. The average molecular weight is 433 g/mol. The molecule has 0 aliphatic carbocycles. The van der Waals surface area contributed by atoms with Gasteiger partial charge in [-0.2, -0.15) is 5.10 Å². The first-order valence-electron chi connectivity index (χ1n) is 8.41. The van der Waals surface area contributed by atoms with Crippen LogP contribution in [0.1, 0.15) is 24.0 Å². The number of thiophene rings is 1. The first kappa shape index (κ1) is 17.2. The van der Waals surface area contributed by atoms with Gasteiger partial charge in [-0.15, -0.1) is 11.3 Å². The molecular formula is C18H17BrN4O2S.